The predicted molar refractivity (Wildman–Crippen MR) is 68.7 cm³/mol. The lowest BCUT2D eigenvalue weighted by Gasteiger charge is -2.06. The van der Waals surface area contributed by atoms with Crippen LogP contribution in [0.25, 0.3) is 0 Å². The minimum atomic E-state index is -0.108. The van der Waals surface area contributed by atoms with Gasteiger partial charge in [0.05, 0.1) is 18.2 Å². The van der Waals surface area contributed by atoms with Crippen molar-refractivity contribution in [2.24, 2.45) is 0 Å². The molecule has 0 radical (unpaired) electrons. The van der Waals surface area contributed by atoms with Gasteiger partial charge in [-0.3, -0.25) is 0 Å². The Hall–Kier alpha value is -1.10. The number of aliphatic hydroxyl groups is 1. The van der Waals surface area contributed by atoms with Crippen LogP contribution >= 0.6 is 22.9 Å². The van der Waals surface area contributed by atoms with E-state index in [4.69, 9.17) is 21.4 Å². The van der Waals surface area contributed by atoms with E-state index >= 15 is 0 Å². The summed E-state index contributed by atoms with van der Waals surface area (Å²) in [6, 6.07) is 5.75. The zero-order valence-electron chi connectivity index (χ0n) is 9.10. The van der Waals surface area contributed by atoms with E-state index < -0.39 is 0 Å². The van der Waals surface area contributed by atoms with Gasteiger partial charge >= 0.3 is 0 Å². The number of hydrogen-bond acceptors (Lipinski definition) is 4. The Morgan fingerprint density at radius 3 is 3.06 bits per heavy atom. The van der Waals surface area contributed by atoms with Crippen LogP contribution in [-0.2, 0) is 13.0 Å². The van der Waals surface area contributed by atoms with E-state index in [2.05, 4.69) is 11.1 Å². The molecule has 0 saturated carbocycles. The van der Waals surface area contributed by atoms with Crippen LogP contribution in [0.5, 0.6) is 5.88 Å². The average molecular weight is 270 g/mol. The van der Waals surface area contributed by atoms with Gasteiger partial charge in [-0.25, -0.2) is 4.98 Å². The van der Waals surface area contributed by atoms with E-state index in [-0.39, 0.29) is 6.61 Å². The summed E-state index contributed by atoms with van der Waals surface area (Å²) in [6.45, 7) is 0.461. The highest BCUT2D eigenvalue weighted by atomic mass is 35.5. The minimum absolute atomic E-state index is 0.108. The SMILES string of the molecule is OCc1cc(OCCc2cccs2)ncc1Cl. The lowest BCUT2D eigenvalue weighted by molar-refractivity contribution is 0.278. The standard InChI is InChI=1S/C12H12ClNO2S/c13-11-7-14-12(6-9(11)8-15)16-4-3-10-2-1-5-17-10/h1-2,5-7,15H,3-4,8H2. The van der Waals surface area contributed by atoms with Gasteiger partial charge in [-0.05, 0) is 11.4 Å². The van der Waals surface area contributed by atoms with Crippen molar-refractivity contribution in [3.8, 4) is 5.88 Å². The van der Waals surface area contributed by atoms with Crippen LogP contribution in [-0.4, -0.2) is 16.7 Å². The van der Waals surface area contributed by atoms with E-state index in [9.17, 15) is 0 Å². The second kappa shape index (κ2) is 6.00. The molecule has 17 heavy (non-hydrogen) atoms. The quantitative estimate of drug-likeness (QED) is 0.908. The van der Waals surface area contributed by atoms with Crippen LogP contribution in [0.15, 0.2) is 29.8 Å². The number of hydrogen-bond donors (Lipinski definition) is 1. The Balaban J connectivity index is 1.90. The summed E-state index contributed by atoms with van der Waals surface area (Å²) >= 11 is 7.54. The van der Waals surface area contributed by atoms with Crippen LogP contribution in [0.4, 0.5) is 0 Å². The Labute approximate surface area is 109 Å². The second-order valence-corrected chi connectivity index (χ2v) is 4.89. The van der Waals surface area contributed by atoms with Crippen molar-refractivity contribution in [1.82, 2.24) is 4.98 Å². The average Bonchev–Trinajstić information content (AvgIpc) is 2.84. The molecule has 90 valence electrons. The molecule has 0 fully saturated rings. The topological polar surface area (TPSA) is 42.4 Å². The van der Waals surface area contributed by atoms with Crippen molar-refractivity contribution in [2.45, 2.75) is 13.0 Å². The number of halogens is 1. The molecule has 2 heterocycles. The lowest BCUT2D eigenvalue weighted by atomic mass is 10.3. The molecule has 5 heteroatoms. The Kier molecular flexibility index (Phi) is 4.36. The van der Waals surface area contributed by atoms with Crippen LogP contribution in [0.3, 0.4) is 0 Å². The summed E-state index contributed by atoms with van der Waals surface area (Å²) in [5, 5.41) is 11.6. The maximum Gasteiger partial charge on any atom is 0.213 e. The third-order valence-corrected chi connectivity index (χ3v) is 3.53. The molecule has 0 bridgehead atoms. The first-order valence-corrected chi connectivity index (χ1v) is 6.46. The van der Waals surface area contributed by atoms with Crippen LogP contribution in [0.1, 0.15) is 10.4 Å². The van der Waals surface area contributed by atoms with Crippen LogP contribution in [0, 0.1) is 0 Å². The molecular weight excluding hydrogens is 258 g/mol. The van der Waals surface area contributed by atoms with Gasteiger partial charge in [0, 0.05) is 29.1 Å². The van der Waals surface area contributed by atoms with Gasteiger partial charge in [0.15, 0.2) is 0 Å². The molecule has 0 unspecified atom stereocenters. The highest BCUT2D eigenvalue weighted by Gasteiger charge is 2.03. The van der Waals surface area contributed by atoms with Crippen molar-refractivity contribution >= 4 is 22.9 Å². The Morgan fingerprint density at radius 1 is 1.47 bits per heavy atom. The van der Waals surface area contributed by atoms with E-state index in [1.165, 1.54) is 11.1 Å². The van der Waals surface area contributed by atoms with Crippen LogP contribution < -0.4 is 4.74 Å². The summed E-state index contributed by atoms with van der Waals surface area (Å²) < 4.78 is 5.50. The highest BCUT2D eigenvalue weighted by molar-refractivity contribution is 7.09. The number of rotatable bonds is 5. The molecule has 0 amide bonds. The first-order valence-electron chi connectivity index (χ1n) is 5.20. The molecule has 0 aliphatic rings. The summed E-state index contributed by atoms with van der Waals surface area (Å²) in [5.41, 5.74) is 0.632. The molecule has 2 aromatic rings. The van der Waals surface area contributed by atoms with Crippen molar-refractivity contribution in [1.29, 1.82) is 0 Å². The smallest absolute Gasteiger partial charge is 0.213 e. The van der Waals surface area contributed by atoms with Crippen molar-refractivity contribution in [3.63, 3.8) is 0 Å². The molecule has 2 aromatic heterocycles. The number of aromatic nitrogens is 1. The van der Waals surface area contributed by atoms with Gasteiger partial charge in [-0.2, -0.15) is 0 Å². The number of nitrogens with zero attached hydrogens (tertiary/aromatic N) is 1. The lowest BCUT2D eigenvalue weighted by Crippen LogP contribution is -2.02. The third-order valence-electron chi connectivity index (χ3n) is 2.26. The molecule has 0 aliphatic heterocycles. The maximum absolute atomic E-state index is 9.05. The minimum Gasteiger partial charge on any atom is -0.477 e. The monoisotopic (exact) mass is 269 g/mol. The Bertz CT molecular complexity index is 473. The van der Waals surface area contributed by atoms with E-state index in [0.717, 1.165) is 6.42 Å². The molecule has 1 N–H and O–H groups in total. The first kappa shape index (κ1) is 12.4. The zero-order chi connectivity index (χ0) is 12.1. The van der Waals surface area contributed by atoms with Crippen molar-refractivity contribution < 1.29 is 9.84 Å². The number of pyridine rings is 1. The first-order chi connectivity index (χ1) is 8.29. The van der Waals surface area contributed by atoms with Gasteiger partial charge in [0.25, 0.3) is 0 Å². The molecule has 3 nitrogen and oxygen atoms in total. The second-order valence-electron chi connectivity index (χ2n) is 3.45. The highest BCUT2D eigenvalue weighted by Crippen LogP contribution is 2.19. The van der Waals surface area contributed by atoms with Crippen molar-refractivity contribution in [2.75, 3.05) is 6.61 Å². The Morgan fingerprint density at radius 2 is 2.35 bits per heavy atom. The fraction of sp³-hybridized carbons (Fsp3) is 0.250. The van der Waals surface area contributed by atoms with Crippen molar-refractivity contribution in [3.05, 3.63) is 45.2 Å². The third kappa shape index (κ3) is 3.43. The summed E-state index contributed by atoms with van der Waals surface area (Å²) in [7, 11) is 0. The van der Waals surface area contributed by atoms with Gasteiger partial charge in [0.1, 0.15) is 0 Å². The normalized spacial score (nSPS) is 10.5. The predicted octanol–water partition coefficient (Wildman–Crippen LogP) is 2.91. The van der Waals surface area contributed by atoms with E-state index in [1.807, 2.05) is 11.4 Å². The molecule has 0 aromatic carbocycles. The number of ether oxygens (including phenoxy) is 1. The molecule has 2 rings (SSSR count). The largest absolute Gasteiger partial charge is 0.477 e. The van der Waals surface area contributed by atoms with E-state index in [0.29, 0.717) is 23.1 Å². The number of thiophene rings is 1. The summed E-state index contributed by atoms with van der Waals surface area (Å²) in [5.74, 6) is 0.495. The fourth-order valence-corrected chi connectivity index (χ4v) is 2.22. The zero-order valence-corrected chi connectivity index (χ0v) is 10.7. The van der Waals surface area contributed by atoms with Gasteiger partial charge < -0.3 is 9.84 Å². The summed E-state index contributed by atoms with van der Waals surface area (Å²) in [4.78, 5) is 5.32. The number of aliphatic hydroxyl groups excluding tert-OH is 1. The van der Waals surface area contributed by atoms with Gasteiger partial charge in [0.2, 0.25) is 5.88 Å². The summed E-state index contributed by atoms with van der Waals surface area (Å²) in [6.07, 6.45) is 2.35. The molecule has 0 aliphatic carbocycles. The van der Waals surface area contributed by atoms with E-state index in [1.54, 1.807) is 17.4 Å². The molecule has 0 spiro atoms. The van der Waals surface area contributed by atoms with Gasteiger partial charge in [-0.1, -0.05) is 17.7 Å². The maximum atomic E-state index is 9.05. The molecule has 0 saturated heterocycles. The molecular formula is C12H12ClNO2S. The van der Waals surface area contributed by atoms with Gasteiger partial charge in [-0.15, -0.1) is 11.3 Å². The van der Waals surface area contributed by atoms with Crippen LogP contribution in [0.2, 0.25) is 5.02 Å². The fourth-order valence-electron chi connectivity index (χ4n) is 1.37. The molecule has 0 atom stereocenters.